The molecule has 0 atom stereocenters. The highest BCUT2D eigenvalue weighted by molar-refractivity contribution is 7.08. The van der Waals surface area contributed by atoms with Crippen LogP contribution >= 0.6 is 23.1 Å². The summed E-state index contributed by atoms with van der Waals surface area (Å²) in [6.45, 7) is 2.78. The summed E-state index contributed by atoms with van der Waals surface area (Å²) in [5, 5.41) is 6.91. The molecule has 0 aromatic carbocycles. The molecule has 4 nitrogen and oxygen atoms in total. The van der Waals surface area contributed by atoms with Crippen LogP contribution in [0.5, 0.6) is 0 Å². The first-order valence-corrected chi connectivity index (χ1v) is 7.75. The van der Waals surface area contributed by atoms with Crippen LogP contribution in [0.25, 0.3) is 0 Å². The highest BCUT2D eigenvalue weighted by atomic mass is 35.5. The topological polar surface area (TPSA) is 54.9 Å². The average molecular weight is 290 g/mol. The van der Waals surface area contributed by atoms with Gasteiger partial charge >= 0.3 is 0 Å². The maximum absolute atomic E-state index is 11.9. The molecule has 0 aliphatic carbocycles. The summed E-state index contributed by atoms with van der Waals surface area (Å²) in [6, 6.07) is 0. The van der Waals surface area contributed by atoms with E-state index < -0.39 is 0 Å². The van der Waals surface area contributed by atoms with Crippen LogP contribution in [0.15, 0.2) is 0 Å². The Hall–Kier alpha value is -0.680. The van der Waals surface area contributed by atoms with Crippen molar-refractivity contribution in [3.63, 3.8) is 0 Å². The molecule has 0 unspecified atom stereocenters. The van der Waals surface area contributed by atoms with E-state index in [1.165, 1.54) is 11.5 Å². The van der Waals surface area contributed by atoms with Crippen LogP contribution in [0.1, 0.15) is 54.4 Å². The van der Waals surface area contributed by atoms with Crippen LogP contribution in [0.2, 0.25) is 0 Å². The van der Waals surface area contributed by atoms with Gasteiger partial charge in [-0.3, -0.25) is 4.79 Å². The lowest BCUT2D eigenvalue weighted by atomic mass is 10.2. The van der Waals surface area contributed by atoms with E-state index in [0.717, 1.165) is 50.1 Å². The standard InChI is InChI=1S/C12H20ClN3OS/c1-2-7-10-11(18-16-15-10)12(17)14-9-6-4-3-5-8-13/h2-9H2,1H3,(H,14,17). The zero-order valence-electron chi connectivity index (χ0n) is 10.7. The monoisotopic (exact) mass is 289 g/mol. The van der Waals surface area contributed by atoms with Crippen LogP contribution in [0.4, 0.5) is 0 Å². The molecule has 0 saturated carbocycles. The van der Waals surface area contributed by atoms with Crippen molar-refractivity contribution < 1.29 is 4.79 Å². The number of amides is 1. The minimum Gasteiger partial charge on any atom is -0.351 e. The van der Waals surface area contributed by atoms with E-state index in [4.69, 9.17) is 11.6 Å². The van der Waals surface area contributed by atoms with E-state index >= 15 is 0 Å². The highest BCUT2D eigenvalue weighted by Gasteiger charge is 2.14. The van der Waals surface area contributed by atoms with E-state index in [1.807, 2.05) is 0 Å². The molecule has 18 heavy (non-hydrogen) atoms. The van der Waals surface area contributed by atoms with Gasteiger partial charge in [0.25, 0.3) is 5.91 Å². The zero-order chi connectivity index (χ0) is 13.2. The number of hydrogen-bond acceptors (Lipinski definition) is 4. The first kappa shape index (κ1) is 15.4. The molecule has 102 valence electrons. The molecule has 0 aliphatic heterocycles. The van der Waals surface area contributed by atoms with Gasteiger partial charge in [0.15, 0.2) is 0 Å². The van der Waals surface area contributed by atoms with E-state index in [-0.39, 0.29) is 5.91 Å². The number of carbonyl (C=O) groups is 1. The molecular weight excluding hydrogens is 270 g/mol. The first-order chi connectivity index (χ1) is 8.79. The molecule has 0 fully saturated rings. The predicted molar refractivity (Wildman–Crippen MR) is 75.4 cm³/mol. The summed E-state index contributed by atoms with van der Waals surface area (Å²) in [7, 11) is 0. The Morgan fingerprint density at radius 1 is 1.33 bits per heavy atom. The fourth-order valence-electron chi connectivity index (χ4n) is 1.64. The molecule has 0 saturated heterocycles. The third-order valence-electron chi connectivity index (χ3n) is 2.59. The van der Waals surface area contributed by atoms with Gasteiger partial charge in [-0.15, -0.1) is 16.7 Å². The summed E-state index contributed by atoms with van der Waals surface area (Å²) >= 11 is 6.78. The fraction of sp³-hybridized carbons (Fsp3) is 0.750. The predicted octanol–water partition coefficient (Wildman–Crippen LogP) is 3.02. The van der Waals surface area contributed by atoms with E-state index in [2.05, 4.69) is 21.8 Å². The smallest absolute Gasteiger partial charge is 0.264 e. The summed E-state index contributed by atoms with van der Waals surface area (Å²) in [5.74, 6) is 0.685. The normalized spacial score (nSPS) is 10.6. The van der Waals surface area contributed by atoms with Crippen molar-refractivity contribution in [3.05, 3.63) is 10.6 Å². The Kier molecular flexibility index (Phi) is 7.93. The molecule has 1 N–H and O–H groups in total. The zero-order valence-corrected chi connectivity index (χ0v) is 12.3. The van der Waals surface area contributed by atoms with Gasteiger partial charge < -0.3 is 5.32 Å². The Morgan fingerprint density at radius 3 is 2.83 bits per heavy atom. The van der Waals surface area contributed by atoms with Crippen molar-refractivity contribution >= 4 is 29.0 Å². The third kappa shape index (κ3) is 5.31. The second-order valence-electron chi connectivity index (χ2n) is 4.16. The SMILES string of the molecule is CCCc1nnsc1C(=O)NCCCCCCCl. The lowest BCUT2D eigenvalue weighted by Gasteiger charge is -2.04. The summed E-state index contributed by atoms with van der Waals surface area (Å²) in [6.07, 6.45) is 6.07. The van der Waals surface area contributed by atoms with Gasteiger partial charge in [0.05, 0.1) is 5.69 Å². The molecule has 1 rings (SSSR count). The number of nitrogens with one attached hydrogen (secondary N) is 1. The van der Waals surface area contributed by atoms with Gasteiger partial charge in [-0.1, -0.05) is 30.7 Å². The molecule has 0 radical (unpaired) electrons. The quantitative estimate of drug-likeness (QED) is 0.561. The van der Waals surface area contributed by atoms with Gasteiger partial charge in [0, 0.05) is 12.4 Å². The van der Waals surface area contributed by atoms with Crippen LogP contribution < -0.4 is 5.32 Å². The molecule has 1 amide bonds. The second-order valence-corrected chi connectivity index (χ2v) is 5.29. The van der Waals surface area contributed by atoms with E-state index in [9.17, 15) is 4.79 Å². The lowest BCUT2D eigenvalue weighted by Crippen LogP contribution is -2.24. The van der Waals surface area contributed by atoms with Crippen molar-refractivity contribution in [3.8, 4) is 0 Å². The third-order valence-corrected chi connectivity index (χ3v) is 3.63. The Labute approximate surface area is 117 Å². The molecule has 1 heterocycles. The lowest BCUT2D eigenvalue weighted by molar-refractivity contribution is 0.0956. The van der Waals surface area contributed by atoms with E-state index in [0.29, 0.717) is 11.4 Å². The number of halogens is 1. The number of nitrogens with zero attached hydrogens (tertiary/aromatic N) is 2. The van der Waals surface area contributed by atoms with Gasteiger partial charge in [-0.25, -0.2) is 0 Å². The van der Waals surface area contributed by atoms with Crippen LogP contribution in [-0.4, -0.2) is 27.9 Å². The molecule has 1 aromatic rings. The van der Waals surface area contributed by atoms with E-state index in [1.54, 1.807) is 0 Å². The van der Waals surface area contributed by atoms with Crippen LogP contribution in [0.3, 0.4) is 0 Å². The Morgan fingerprint density at radius 2 is 2.11 bits per heavy atom. The second kappa shape index (κ2) is 9.28. The minimum absolute atomic E-state index is 0.0363. The molecule has 6 heteroatoms. The Balaban J connectivity index is 2.25. The van der Waals surface area contributed by atoms with Crippen LogP contribution in [0, 0.1) is 0 Å². The number of aromatic nitrogens is 2. The number of alkyl halides is 1. The van der Waals surface area contributed by atoms with Gasteiger partial charge in [0.2, 0.25) is 0 Å². The van der Waals surface area contributed by atoms with Crippen molar-refractivity contribution in [1.82, 2.24) is 14.9 Å². The maximum atomic E-state index is 11.9. The van der Waals surface area contributed by atoms with Crippen molar-refractivity contribution in [1.29, 1.82) is 0 Å². The minimum atomic E-state index is -0.0363. The fourth-order valence-corrected chi connectivity index (χ4v) is 2.45. The molecule has 1 aromatic heterocycles. The number of aryl methyl sites for hydroxylation is 1. The largest absolute Gasteiger partial charge is 0.351 e. The molecule has 0 aliphatic rings. The number of hydrogen-bond donors (Lipinski definition) is 1. The van der Waals surface area contributed by atoms with Crippen molar-refractivity contribution in [2.75, 3.05) is 12.4 Å². The number of carbonyl (C=O) groups excluding carboxylic acids is 1. The Bertz CT molecular complexity index is 357. The number of rotatable bonds is 9. The van der Waals surface area contributed by atoms with Crippen molar-refractivity contribution in [2.24, 2.45) is 0 Å². The van der Waals surface area contributed by atoms with Gasteiger partial charge in [0.1, 0.15) is 4.88 Å². The highest BCUT2D eigenvalue weighted by Crippen LogP contribution is 2.12. The summed E-state index contributed by atoms with van der Waals surface area (Å²) < 4.78 is 3.85. The van der Waals surface area contributed by atoms with Crippen molar-refractivity contribution in [2.45, 2.75) is 45.4 Å². The summed E-state index contributed by atoms with van der Waals surface area (Å²) in [5.41, 5.74) is 0.821. The van der Waals surface area contributed by atoms with Crippen LogP contribution in [-0.2, 0) is 6.42 Å². The van der Waals surface area contributed by atoms with Gasteiger partial charge in [-0.2, -0.15) is 0 Å². The molecule has 0 bridgehead atoms. The first-order valence-electron chi connectivity index (χ1n) is 6.45. The number of unbranched alkanes of at least 4 members (excludes halogenated alkanes) is 3. The molecule has 0 spiro atoms. The summed E-state index contributed by atoms with van der Waals surface area (Å²) in [4.78, 5) is 12.6. The average Bonchev–Trinajstić information content (AvgIpc) is 2.82. The maximum Gasteiger partial charge on any atom is 0.264 e. The van der Waals surface area contributed by atoms with Gasteiger partial charge in [-0.05, 0) is 30.8 Å². The molecular formula is C12H20ClN3OS.